The van der Waals surface area contributed by atoms with Crippen LogP contribution in [0.25, 0.3) is 67.3 Å². The van der Waals surface area contributed by atoms with E-state index >= 15 is 0 Å². The Morgan fingerprint density at radius 3 is 1.00 bits per heavy atom. The minimum Gasteiger partial charge on any atom is -0.481 e. The number of carbonyl (C=O) groups excluding carboxylic acids is 4. The summed E-state index contributed by atoms with van der Waals surface area (Å²) in [5.41, 5.74) is 7.84. The van der Waals surface area contributed by atoms with Gasteiger partial charge in [0.1, 0.15) is 0 Å². The van der Waals surface area contributed by atoms with Crippen molar-refractivity contribution in [3.63, 3.8) is 0 Å². The Balaban J connectivity index is 0.000000294. The number of amides is 4. The first-order chi connectivity index (χ1) is 38.3. The van der Waals surface area contributed by atoms with Crippen molar-refractivity contribution in [2.24, 2.45) is 33.5 Å². The second kappa shape index (κ2) is 26.9. The maximum absolute atomic E-state index is 13.8. The van der Waals surface area contributed by atoms with Gasteiger partial charge in [-0.05, 0) is 184 Å². The number of piperidine rings is 2. The number of hydrogen-bond acceptors (Lipinski definition) is 10. The first-order valence-corrected chi connectivity index (χ1v) is 26.7. The van der Waals surface area contributed by atoms with Gasteiger partial charge in [-0.1, -0.05) is 62.4 Å². The zero-order chi connectivity index (χ0) is 56.1. The first kappa shape index (κ1) is 68.4. The zero-order valence-corrected chi connectivity index (χ0v) is 49.9. The number of fused-ring (bicyclic) bond motifs is 4. The molecule has 4 unspecified atom stereocenters. The Bertz CT molecular complexity index is 3590. The van der Waals surface area contributed by atoms with Gasteiger partial charge in [-0.15, -0.1) is 0 Å². The number of carboxylic acid groups (broad SMARTS) is 2. The second-order valence-corrected chi connectivity index (χ2v) is 22.9. The summed E-state index contributed by atoms with van der Waals surface area (Å²) in [6.07, 6.45) is 8.71. The Labute approximate surface area is 518 Å². The maximum Gasteiger partial charge on any atom is 0.309 e. The van der Waals surface area contributed by atoms with Crippen LogP contribution in [0.5, 0.6) is 0 Å². The van der Waals surface area contributed by atoms with Crippen LogP contribution in [-0.2, 0) is 62.9 Å². The molecule has 4 atom stereocenters. The van der Waals surface area contributed by atoms with E-state index in [9.17, 15) is 39.0 Å². The van der Waals surface area contributed by atoms with Gasteiger partial charge in [0.05, 0.1) is 45.0 Å². The van der Waals surface area contributed by atoms with Crippen LogP contribution in [0, 0.1) is 33.5 Å². The molecule has 6 heterocycles. The molecule has 20 heteroatoms. The first-order valence-electron chi connectivity index (χ1n) is 26.7. The number of nitrogens with zero attached hydrogens (tertiary/aromatic N) is 6. The monoisotopic (exact) mass is 1240 g/mol. The molecular formula is C66H66Mn2N6O12. The SMILES string of the molecule is CC1(C(=O)O)CC2(C)CC(C)(C1)C(=O)N(c1ccc(-c3cc(-c4ccccn4)cc(-c4ccccn4)c3)cc1)C2=O.CC1(C(=O)O)CC2CC(C1)C(=O)N(c1ccc(-c3cc(-c4ccccn4)cc(-c4ccccn4)c3)cc1)C2=O.O.O.O.O.[Mn].[Mn]. The average molecular weight is 1250 g/mol. The predicted octanol–water partition coefficient (Wildman–Crippen LogP) is 9.19. The molecule has 0 spiro atoms. The summed E-state index contributed by atoms with van der Waals surface area (Å²) in [5.74, 6) is -4.17. The molecule has 12 rings (SSSR count). The normalized spacial score (nSPS) is 22.5. The predicted molar refractivity (Wildman–Crippen MR) is 319 cm³/mol. The standard InChI is InChI=1S/C34H31N3O4.C32H27N3O4.2Mn.4H2O/c1-32-19-33(2,21-34(3,20-32)31(40)41)30(39)37(29(32)38)26-12-10-22(11-13-26)23-16-24(27-8-4-6-14-35-27)18-25(17-23)28-9-5-7-15-36-28;1-32(31(38)39)18-24-17-25(19-32)30(37)35(29(24)36)26-10-8-20(9-11-26)21-14-22(27-6-2-4-12-33-27)16-23(15-21)28-7-3-5-13-34-28;;;;;;/h4-18H,19-21H2,1-3H3,(H,40,41);2-16,24-25H,17-19H2,1H3,(H,38,39);;;4*1H2. The van der Waals surface area contributed by atoms with Gasteiger partial charge in [0.2, 0.25) is 23.6 Å². The van der Waals surface area contributed by atoms with E-state index in [1.807, 2.05) is 97.1 Å². The zero-order valence-electron chi connectivity index (χ0n) is 47.5. The Morgan fingerprint density at radius 1 is 0.407 bits per heavy atom. The largest absolute Gasteiger partial charge is 0.481 e. The van der Waals surface area contributed by atoms with Gasteiger partial charge < -0.3 is 32.1 Å². The number of carboxylic acids is 2. The minimum absolute atomic E-state index is 0. The second-order valence-electron chi connectivity index (χ2n) is 22.9. The van der Waals surface area contributed by atoms with Crippen LogP contribution in [-0.4, -0.2) is 87.6 Å². The number of imide groups is 2. The molecule has 4 aromatic carbocycles. The third-order valence-corrected chi connectivity index (χ3v) is 16.5. The van der Waals surface area contributed by atoms with E-state index < -0.39 is 45.4 Å². The summed E-state index contributed by atoms with van der Waals surface area (Å²) in [7, 11) is 0. The van der Waals surface area contributed by atoms with Gasteiger partial charge in [-0.2, -0.15) is 0 Å². The van der Waals surface area contributed by atoms with E-state index in [2.05, 4.69) is 56.3 Å². The number of hydrogen-bond donors (Lipinski definition) is 2. The molecule has 2 aliphatic carbocycles. The van der Waals surface area contributed by atoms with Crippen molar-refractivity contribution in [2.45, 2.75) is 66.2 Å². The Kier molecular flexibility index (Phi) is 21.4. The molecule has 10 N–H and O–H groups in total. The summed E-state index contributed by atoms with van der Waals surface area (Å²) >= 11 is 0. The van der Waals surface area contributed by atoms with Gasteiger partial charge in [0.25, 0.3) is 0 Å². The van der Waals surface area contributed by atoms with Crippen LogP contribution >= 0.6 is 0 Å². The van der Waals surface area contributed by atoms with Crippen molar-refractivity contribution in [1.29, 1.82) is 0 Å². The molecule has 18 nitrogen and oxygen atoms in total. The van der Waals surface area contributed by atoms with E-state index in [-0.39, 0.29) is 105 Å². The van der Waals surface area contributed by atoms with Crippen molar-refractivity contribution in [3.8, 4) is 67.3 Å². The van der Waals surface area contributed by atoms with E-state index in [0.29, 0.717) is 24.2 Å². The fourth-order valence-electron chi connectivity index (χ4n) is 13.0. The summed E-state index contributed by atoms with van der Waals surface area (Å²) in [5, 5.41) is 19.6. The quantitative estimate of drug-likeness (QED) is 0.0956. The average Bonchev–Trinajstić information content (AvgIpc) is 0.875. The molecule has 446 valence electrons. The number of carbonyl (C=O) groups is 6. The molecule has 86 heavy (non-hydrogen) atoms. The van der Waals surface area contributed by atoms with Crippen LogP contribution in [0.3, 0.4) is 0 Å². The van der Waals surface area contributed by atoms with E-state index in [1.54, 1.807) is 76.7 Å². The number of anilines is 2. The van der Waals surface area contributed by atoms with Gasteiger partial charge >= 0.3 is 11.9 Å². The van der Waals surface area contributed by atoms with Crippen molar-refractivity contribution in [3.05, 3.63) is 183 Å². The smallest absolute Gasteiger partial charge is 0.309 e. The molecule has 4 fully saturated rings. The van der Waals surface area contributed by atoms with E-state index in [0.717, 1.165) is 67.3 Å². The van der Waals surface area contributed by atoms with Crippen molar-refractivity contribution < 1.29 is 95.0 Å². The van der Waals surface area contributed by atoms with Crippen LogP contribution in [0.4, 0.5) is 11.4 Å². The fourth-order valence-corrected chi connectivity index (χ4v) is 13.0. The van der Waals surface area contributed by atoms with Crippen LogP contribution in [0.1, 0.15) is 66.2 Å². The maximum atomic E-state index is 13.8. The van der Waals surface area contributed by atoms with E-state index in [1.165, 1.54) is 9.80 Å². The molecule has 2 saturated heterocycles. The molecule has 8 aromatic rings. The van der Waals surface area contributed by atoms with Gasteiger partial charge in [-0.25, -0.2) is 4.90 Å². The van der Waals surface area contributed by atoms with Crippen molar-refractivity contribution in [2.75, 3.05) is 9.80 Å². The molecule has 2 radical (unpaired) electrons. The van der Waals surface area contributed by atoms with Crippen molar-refractivity contribution in [1.82, 2.24) is 19.9 Å². The van der Waals surface area contributed by atoms with Gasteiger partial charge in [-0.3, -0.25) is 53.6 Å². The molecule has 2 saturated carbocycles. The third-order valence-electron chi connectivity index (χ3n) is 16.5. The van der Waals surface area contributed by atoms with E-state index in [4.69, 9.17) is 0 Å². The minimum atomic E-state index is -1.13. The molecule has 4 bridgehead atoms. The summed E-state index contributed by atoms with van der Waals surface area (Å²) in [6, 6.07) is 50.4. The van der Waals surface area contributed by atoms with Crippen LogP contribution in [0.15, 0.2) is 183 Å². The number of pyridine rings is 4. The number of aliphatic carboxylic acids is 2. The Morgan fingerprint density at radius 2 is 0.709 bits per heavy atom. The van der Waals surface area contributed by atoms with Crippen LogP contribution in [0.2, 0.25) is 0 Å². The summed E-state index contributed by atoms with van der Waals surface area (Å²) < 4.78 is 0. The van der Waals surface area contributed by atoms with Gasteiger partial charge in [0.15, 0.2) is 0 Å². The number of benzene rings is 4. The summed E-state index contributed by atoms with van der Waals surface area (Å²) in [6.45, 7) is 6.88. The fraction of sp³-hybridized carbons (Fsp3) is 0.242. The molecular weight excluding hydrogens is 1180 g/mol. The third kappa shape index (κ3) is 13.0. The topological polar surface area (TPSA) is 327 Å². The molecule has 4 aliphatic rings. The molecule has 4 amide bonds. The number of aromatic nitrogens is 4. The van der Waals surface area contributed by atoms with Crippen molar-refractivity contribution >= 4 is 46.9 Å². The molecule has 2 aliphatic heterocycles. The van der Waals surface area contributed by atoms with Gasteiger partial charge in [0, 0.05) is 104 Å². The Hall–Kier alpha value is -8.42. The summed E-state index contributed by atoms with van der Waals surface area (Å²) in [4.78, 5) is 98.8. The molecule has 4 aromatic heterocycles. The van der Waals surface area contributed by atoms with Crippen LogP contribution < -0.4 is 9.80 Å². The number of rotatable bonds is 10.